The van der Waals surface area contributed by atoms with Crippen LogP contribution >= 0.6 is 0 Å². The fraction of sp³-hybridized carbons (Fsp3) is 0.333. The second-order valence-corrected chi connectivity index (χ2v) is 0.789. The molecule has 24 valence electrons. The summed E-state index contributed by atoms with van der Waals surface area (Å²) in [6, 6.07) is 0. The molecule has 0 heterocycles. The predicted octanol–water partition coefficient (Wildman–Crippen LogP) is -2.28. The quantitative estimate of drug-likeness (QED) is 0.209. The first-order chi connectivity index (χ1) is 1.91. The van der Waals surface area contributed by atoms with E-state index in [9.17, 15) is 0 Å². The van der Waals surface area contributed by atoms with Crippen LogP contribution in [0.25, 0.3) is 0 Å². The number of rotatable bonds is 1. The smallest absolute Gasteiger partial charge is 0.789 e. The van der Waals surface area contributed by atoms with Gasteiger partial charge in [0.2, 0.25) is 0 Å². The fourth-order valence-corrected chi connectivity index (χ4v) is 0. The minimum absolute atomic E-state index is 0. The maximum absolute atomic E-state index is 4.44. The molecule has 0 aliphatic rings. The number of hydrogen-bond donors (Lipinski definition) is 0. The zero-order valence-electron chi connectivity index (χ0n) is 3.40. The van der Waals surface area contributed by atoms with Crippen LogP contribution in [0, 0.1) is 0 Å². The molecule has 0 aromatic carbocycles. The third-order valence-corrected chi connectivity index (χ3v) is 0.354. The van der Waals surface area contributed by atoms with Gasteiger partial charge in [0.05, 0.1) is 0 Å². The van der Waals surface area contributed by atoms with E-state index in [1.165, 1.54) is 0 Å². The van der Waals surface area contributed by atoms with Crippen LogP contribution < -0.4 is 51.4 Å². The Labute approximate surface area is 80.9 Å². The summed E-state index contributed by atoms with van der Waals surface area (Å²) in [7, 11) is 0. The largest absolute Gasteiger partial charge is 1.00 e. The van der Waals surface area contributed by atoms with Crippen LogP contribution in [0.2, 0.25) is 0 Å². The van der Waals surface area contributed by atoms with Gasteiger partial charge in [-0.1, -0.05) is 0 Å². The van der Waals surface area contributed by atoms with E-state index in [1.54, 1.807) is 6.08 Å². The second-order valence-electron chi connectivity index (χ2n) is 0.455. The van der Waals surface area contributed by atoms with Crippen molar-refractivity contribution in [2.45, 2.75) is 0 Å². The van der Waals surface area contributed by atoms with Crippen LogP contribution in [0.4, 0.5) is 0 Å². The summed E-state index contributed by atoms with van der Waals surface area (Å²) in [5.41, 5.74) is 0. The average Bonchev–Trinajstić information content (AvgIpc) is 1.37. The van der Waals surface area contributed by atoms with Crippen molar-refractivity contribution < 1.29 is 51.4 Å². The standard InChI is InChI=1S/C3H6S.K/c1-2-3-4;/h2,4H,1,3H2;/q;+1/p-1. The van der Waals surface area contributed by atoms with Crippen molar-refractivity contribution in [3.05, 3.63) is 12.7 Å². The molecule has 0 rings (SSSR count). The summed E-state index contributed by atoms with van der Waals surface area (Å²) in [5.74, 6) is 0.667. The molecule has 0 bridgehead atoms. The van der Waals surface area contributed by atoms with Gasteiger partial charge in [0.15, 0.2) is 0 Å². The fourth-order valence-electron chi connectivity index (χ4n) is 0. The molecule has 0 atom stereocenters. The van der Waals surface area contributed by atoms with Crippen LogP contribution in [0.5, 0.6) is 0 Å². The Morgan fingerprint density at radius 1 is 1.80 bits per heavy atom. The van der Waals surface area contributed by atoms with Gasteiger partial charge in [0.1, 0.15) is 0 Å². The zero-order valence-corrected chi connectivity index (χ0v) is 7.34. The molecule has 0 aliphatic heterocycles. The summed E-state index contributed by atoms with van der Waals surface area (Å²) < 4.78 is 0. The number of hydrogen-bond acceptors (Lipinski definition) is 1. The monoisotopic (exact) mass is 112 g/mol. The normalized spacial score (nSPS) is 5.00. The molecular weight excluding hydrogens is 107 g/mol. The Balaban J connectivity index is 0. The van der Waals surface area contributed by atoms with Crippen molar-refractivity contribution in [2.75, 3.05) is 5.75 Å². The second kappa shape index (κ2) is 9.21. The van der Waals surface area contributed by atoms with Gasteiger partial charge in [-0.05, 0) is 0 Å². The summed E-state index contributed by atoms with van der Waals surface area (Å²) in [6.45, 7) is 3.38. The van der Waals surface area contributed by atoms with Gasteiger partial charge < -0.3 is 12.6 Å². The molecule has 2 heteroatoms. The van der Waals surface area contributed by atoms with E-state index in [-0.39, 0.29) is 51.4 Å². The Hall–Kier alpha value is 1.73. The molecule has 0 amide bonds. The van der Waals surface area contributed by atoms with Gasteiger partial charge in [-0.15, -0.1) is 12.7 Å². The van der Waals surface area contributed by atoms with Crippen LogP contribution in [0.3, 0.4) is 0 Å². The van der Waals surface area contributed by atoms with Crippen LogP contribution in [0.1, 0.15) is 0 Å². The Morgan fingerprint density at radius 2 is 2.00 bits per heavy atom. The average molecular weight is 112 g/mol. The van der Waals surface area contributed by atoms with Crippen LogP contribution in [-0.2, 0) is 12.6 Å². The molecule has 0 saturated carbocycles. The molecule has 0 aromatic rings. The van der Waals surface area contributed by atoms with Crippen molar-refractivity contribution >= 4 is 12.6 Å². The maximum Gasteiger partial charge on any atom is 1.00 e. The zero-order chi connectivity index (χ0) is 3.41. The molecular formula is C3H5KS. The molecule has 0 N–H and O–H groups in total. The molecule has 0 spiro atoms. The van der Waals surface area contributed by atoms with E-state index < -0.39 is 0 Å². The molecule has 0 saturated heterocycles. The first kappa shape index (κ1) is 9.87. The van der Waals surface area contributed by atoms with Crippen molar-refractivity contribution in [3.63, 3.8) is 0 Å². The van der Waals surface area contributed by atoms with Crippen molar-refractivity contribution in [1.82, 2.24) is 0 Å². The van der Waals surface area contributed by atoms with Gasteiger partial charge in [0.25, 0.3) is 0 Å². The maximum atomic E-state index is 4.44. The van der Waals surface area contributed by atoms with E-state index in [4.69, 9.17) is 0 Å². The minimum Gasteiger partial charge on any atom is -0.789 e. The first-order valence-corrected chi connectivity index (χ1v) is 1.68. The Kier molecular flexibility index (Phi) is 18.2. The van der Waals surface area contributed by atoms with Gasteiger partial charge in [-0.3, -0.25) is 0 Å². The molecule has 0 fully saturated rings. The van der Waals surface area contributed by atoms with Gasteiger partial charge in [0, 0.05) is 0 Å². The summed E-state index contributed by atoms with van der Waals surface area (Å²) in [6.07, 6.45) is 1.69. The van der Waals surface area contributed by atoms with E-state index in [0.29, 0.717) is 5.75 Å². The summed E-state index contributed by atoms with van der Waals surface area (Å²) in [4.78, 5) is 0. The predicted molar refractivity (Wildman–Crippen MR) is 22.4 cm³/mol. The van der Waals surface area contributed by atoms with Crippen LogP contribution in [0.15, 0.2) is 12.7 Å². The third-order valence-electron chi connectivity index (χ3n) is 0.118. The van der Waals surface area contributed by atoms with E-state index in [0.717, 1.165) is 0 Å². The van der Waals surface area contributed by atoms with Crippen molar-refractivity contribution in [3.8, 4) is 0 Å². The van der Waals surface area contributed by atoms with E-state index in [2.05, 4.69) is 19.2 Å². The van der Waals surface area contributed by atoms with E-state index >= 15 is 0 Å². The topological polar surface area (TPSA) is 0 Å². The minimum atomic E-state index is 0. The molecule has 0 aromatic heterocycles. The van der Waals surface area contributed by atoms with Crippen LogP contribution in [-0.4, -0.2) is 5.75 Å². The first-order valence-electron chi connectivity index (χ1n) is 1.11. The van der Waals surface area contributed by atoms with Gasteiger partial charge >= 0.3 is 51.4 Å². The van der Waals surface area contributed by atoms with Crippen molar-refractivity contribution in [2.24, 2.45) is 0 Å². The molecule has 5 heavy (non-hydrogen) atoms. The van der Waals surface area contributed by atoms with Crippen molar-refractivity contribution in [1.29, 1.82) is 0 Å². The van der Waals surface area contributed by atoms with Gasteiger partial charge in [-0.2, -0.15) is 5.75 Å². The third kappa shape index (κ3) is 10.7. The summed E-state index contributed by atoms with van der Waals surface area (Å²) >= 11 is 4.44. The molecule has 0 aliphatic carbocycles. The molecule has 0 unspecified atom stereocenters. The SMILES string of the molecule is C=CC[S-].[K+]. The summed E-state index contributed by atoms with van der Waals surface area (Å²) in [5, 5.41) is 0. The van der Waals surface area contributed by atoms with E-state index in [1.807, 2.05) is 0 Å². The Bertz CT molecular complexity index is 20.9. The molecule has 0 nitrogen and oxygen atoms in total. The molecule has 0 radical (unpaired) electrons. The Morgan fingerprint density at radius 3 is 2.00 bits per heavy atom. The van der Waals surface area contributed by atoms with Gasteiger partial charge in [-0.25, -0.2) is 0 Å².